The maximum absolute atomic E-state index is 8.62. The predicted molar refractivity (Wildman–Crippen MR) is 54.2 cm³/mol. The van der Waals surface area contributed by atoms with Crippen molar-refractivity contribution in [2.45, 2.75) is 45.6 Å². The van der Waals surface area contributed by atoms with E-state index in [0.717, 1.165) is 12.5 Å². The first-order valence-corrected chi connectivity index (χ1v) is 5.35. The summed E-state index contributed by atoms with van der Waals surface area (Å²) < 4.78 is 0. The zero-order chi connectivity index (χ0) is 9.68. The molecule has 1 N–H and O–H groups in total. The summed E-state index contributed by atoms with van der Waals surface area (Å²) in [5, 5.41) is 12.1. The molecule has 13 heavy (non-hydrogen) atoms. The van der Waals surface area contributed by atoms with E-state index in [4.69, 9.17) is 5.26 Å². The van der Waals surface area contributed by atoms with Gasteiger partial charge in [0.1, 0.15) is 0 Å². The van der Waals surface area contributed by atoms with Gasteiger partial charge in [0.05, 0.1) is 12.0 Å². The molecular formula is C11H20N2. The van der Waals surface area contributed by atoms with E-state index in [0.29, 0.717) is 6.04 Å². The molecule has 74 valence electrons. The Hall–Kier alpha value is -0.550. The van der Waals surface area contributed by atoms with Gasteiger partial charge in [0.25, 0.3) is 0 Å². The first-order chi connectivity index (χ1) is 6.22. The van der Waals surface area contributed by atoms with Gasteiger partial charge in [0.2, 0.25) is 0 Å². The van der Waals surface area contributed by atoms with Gasteiger partial charge in [-0.1, -0.05) is 6.92 Å². The van der Waals surface area contributed by atoms with E-state index in [2.05, 4.69) is 18.3 Å². The number of hydrogen-bond donors (Lipinski definition) is 1. The van der Waals surface area contributed by atoms with Crippen molar-refractivity contribution >= 4 is 0 Å². The molecule has 1 aliphatic carbocycles. The molecule has 0 radical (unpaired) electrons. The monoisotopic (exact) mass is 180 g/mol. The van der Waals surface area contributed by atoms with E-state index in [1.165, 1.54) is 25.7 Å². The lowest BCUT2D eigenvalue weighted by atomic mass is 9.87. The number of nitriles is 1. The summed E-state index contributed by atoms with van der Waals surface area (Å²) in [5.41, 5.74) is 0. The van der Waals surface area contributed by atoms with Crippen LogP contribution in [0.25, 0.3) is 0 Å². The van der Waals surface area contributed by atoms with Crippen LogP contribution in [0.1, 0.15) is 39.5 Å². The van der Waals surface area contributed by atoms with Gasteiger partial charge < -0.3 is 5.32 Å². The number of nitrogens with zero attached hydrogens (tertiary/aromatic N) is 1. The van der Waals surface area contributed by atoms with E-state index >= 15 is 0 Å². The molecule has 0 bridgehead atoms. The van der Waals surface area contributed by atoms with Crippen molar-refractivity contribution < 1.29 is 0 Å². The second-order valence-electron chi connectivity index (χ2n) is 4.40. The summed E-state index contributed by atoms with van der Waals surface area (Å²) in [5.74, 6) is 1.06. The molecule has 1 saturated carbocycles. The molecule has 0 spiro atoms. The standard InChI is InChI=1S/C11H20N2/c1-9-3-5-11(6-4-9)13-8-10(2)7-12/h9-11,13H,3-6,8H2,1-2H3. The maximum atomic E-state index is 8.62. The maximum Gasteiger partial charge on any atom is 0.0666 e. The fourth-order valence-electron chi connectivity index (χ4n) is 1.85. The molecule has 1 unspecified atom stereocenters. The molecule has 0 amide bonds. The average Bonchev–Trinajstić information content (AvgIpc) is 2.16. The number of hydrogen-bond acceptors (Lipinski definition) is 2. The van der Waals surface area contributed by atoms with Crippen LogP contribution < -0.4 is 5.32 Å². The Morgan fingerprint density at radius 3 is 2.54 bits per heavy atom. The van der Waals surface area contributed by atoms with Crippen LogP contribution in [0.3, 0.4) is 0 Å². The SMILES string of the molecule is CC(C#N)CNC1CCC(C)CC1. The van der Waals surface area contributed by atoms with Crippen LogP contribution in [-0.4, -0.2) is 12.6 Å². The molecule has 1 atom stereocenters. The summed E-state index contributed by atoms with van der Waals surface area (Å²) in [7, 11) is 0. The Labute approximate surface area is 81.3 Å². The van der Waals surface area contributed by atoms with Crippen LogP contribution in [-0.2, 0) is 0 Å². The van der Waals surface area contributed by atoms with Crippen molar-refractivity contribution in [3.63, 3.8) is 0 Å². The molecule has 0 heterocycles. The molecule has 1 aliphatic rings. The third-order valence-electron chi connectivity index (χ3n) is 2.95. The lowest BCUT2D eigenvalue weighted by Crippen LogP contribution is -2.35. The topological polar surface area (TPSA) is 35.8 Å². The first-order valence-electron chi connectivity index (χ1n) is 5.35. The molecule has 0 aliphatic heterocycles. The second-order valence-corrected chi connectivity index (χ2v) is 4.40. The summed E-state index contributed by atoms with van der Waals surface area (Å²) >= 11 is 0. The minimum absolute atomic E-state index is 0.152. The van der Waals surface area contributed by atoms with E-state index in [-0.39, 0.29) is 5.92 Å². The van der Waals surface area contributed by atoms with Gasteiger partial charge in [-0.25, -0.2) is 0 Å². The first kappa shape index (κ1) is 10.5. The van der Waals surface area contributed by atoms with Crippen LogP contribution in [0, 0.1) is 23.2 Å². The Balaban J connectivity index is 2.13. The van der Waals surface area contributed by atoms with E-state index in [1.807, 2.05) is 6.92 Å². The van der Waals surface area contributed by atoms with Gasteiger partial charge in [-0.3, -0.25) is 0 Å². The summed E-state index contributed by atoms with van der Waals surface area (Å²) in [6, 6.07) is 2.92. The van der Waals surface area contributed by atoms with Crippen molar-refractivity contribution in [1.29, 1.82) is 5.26 Å². The Bertz CT molecular complexity index is 175. The highest BCUT2D eigenvalue weighted by atomic mass is 14.9. The molecule has 0 aromatic carbocycles. The minimum Gasteiger partial charge on any atom is -0.313 e. The molecule has 2 nitrogen and oxygen atoms in total. The van der Waals surface area contributed by atoms with E-state index in [1.54, 1.807) is 0 Å². The largest absolute Gasteiger partial charge is 0.313 e. The van der Waals surface area contributed by atoms with Crippen LogP contribution >= 0.6 is 0 Å². The molecule has 1 rings (SSSR count). The van der Waals surface area contributed by atoms with Crippen molar-refractivity contribution in [3.05, 3.63) is 0 Å². The van der Waals surface area contributed by atoms with Crippen molar-refractivity contribution in [2.24, 2.45) is 11.8 Å². The molecule has 2 heteroatoms. The highest BCUT2D eigenvalue weighted by molar-refractivity contribution is 4.83. The van der Waals surface area contributed by atoms with Gasteiger partial charge in [-0.15, -0.1) is 0 Å². The number of rotatable bonds is 3. The average molecular weight is 180 g/mol. The summed E-state index contributed by atoms with van der Waals surface area (Å²) in [6.45, 7) is 5.15. The Kier molecular flexibility index (Phi) is 4.24. The van der Waals surface area contributed by atoms with Crippen molar-refractivity contribution in [1.82, 2.24) is 5.32 Å². The number of nitrogens with one attached hydrogen (secondary N) is 1. The fourth-order valence-corrected chi connectivity index (χ4v) is 1.85. The fraction of sp³-hybridized carbons (Fsp3) is 0.909. The van der Waals surface area contributed by atoms with E-state index in [9.17, 15) is 0 Å². The molecular weight excluding hydrogens is 160 g/mol. The van der Waals surface area contributed by atoms with Gasteiger partial charge in [0, 0.05) is 12.6 Å². The van der Waals surface area contributed by atoms with Crippen LogP contribution in [0.2, 0.25) is 0 Å². The van der Waals surface area contributed by atoms with E-state index < -0.39 is 0 Å². The third-order valence-corrected chi connectivity index (χ3v) is 2.95. The Morgan fingerprint density at radius 2 is 2.00 bits per heavy atom. The molecule has 0 aromatic heterocycles. The normalized spacial score (nSPS) is 30.8. The van der Waals surface area contributed by atoms with Gasteiger partial charge in [-0.2, -0.15) is 5.26 Å². The van der Waals surface area contributed by atoms with Gasteiger partial charge in [-0.05, 0) is 38.5 Å². The highest BCUT2D eigenvalue weighted by Gasteiger charge is 2.17. The lowest BCUT2D eigenvalue weighted by Gasteiger charge is -2.27. The molecule has 0 saturated heterocycles. The van der Waals surface area contributed by atoms with Gasteiger partial charge >= 0.3 is 0 Å². The quantitative estimate of drug-likeness (QED) is 0.723. The lowest BCUT2D eigenvalue weighted by molar-refractivity contribution is 0.303. The zero-order valence-electron chi connectivity index (χ0n) is 8.71. The third kappa shape index (κ3) is 3.78. The predicted octanol–water partition coefficient (Wildman–Crippen LogP) is 2.31. The smallest absolute Gasteiger partial charge is 0.0666 e. The van der Waals surface area contributed by atoms with Crippen molar-refractivity contribution in [2.75, 3.05) is 6.54 Å². The van der Waals surface area contributed by atoms with Gasteiger partial charge in [0.15, 0.2) is 0 Å². The van der Waals surface area contributed by atoms with Crippen LogP contribution in [0.4, 0.5) is 0 Å². The van der Waals surface area contributed by atoms with Crippen LogP contribution in [0.5, 0.6) is 0 Å². The summed E-state index contributed by atoms with van der Waals surface area (Å²) in [6.07, 6.45) is 5.27. The molecule has 1 fully saturated rings. The van der Waals surface area contributed by atoms with Crippen LogP contribution in [0.15, 0.2) is 0 Å². The highest BCUT2D eigenvalue weighted by Crippen LogP contribution is 2.23. The zero-order valence-corrected chi connectivity index (χ0v) is 8.71. The van der Waals surface area contributed by atoms with Crippen molar-refractivity contribution in [3.8, 4) is 6.07 Å². The molecule has 0 aromatic rings. The minimum atomic E-state index is 0.152. The second kappa shape index (κ2) is 5.24. The summed E-state index contributed by atoms with van der Waals surface area (Å²) in [4.78, 5) is 0. The Morgan fingerprint density at radius 1 is 1.38 bits per heavy atom.